The van der Waals surface area contributed by atoms with Gasteiger partial charge in [0.05, 0.1) is 11.4 Å². The Morgan fingerprint density at radius 3 is 2.50 bits per heavy atom. The maximum absolute atomic E-state index is 4.68. The Hall–Kier alpha value is -2.98. The minimum absolute atomic E-state index is 0.788. The number of aromatic nitrogens is 3. The first-order valence-corrected chi connectivity index (χ1v) is 8.88. The Balaban J connectivity index is 1.61. The van der Waals surface area contributed by atoms with Crippen molar-refractivity contribution in [2.24, 2.45) is 0 Å². The highest BCUT2D eigenvalue weighted by Crippen LogP contribution is 2.21. The predicted molar refractivity (Wildman–Crippen MR) is 104 cm³/mol. The van der Waals surface area contributed by atoms with E-state index in [0.29, 0.717) is 0 Å². The first-order valence-electron chi connectivity index (χ1n) is 8.88. The van der Waals surface area contributed by atoms with Gasteiger partial charge in [-0.25, -0.2) is 0 Å². The van der Waals surface area contributed by atoms with Crippen molar-refractivity contribution >= 4 is 10.9 Å². The fourth-order valence-corrected chi connectivity index (χ4v) is 3.31. The van der Waals surface area contributed by atoms with Gasteiger partial charge in [0.25, 0.3) is 0 Å². The third kappa shape index (κ3) is 3.81. The molecule has 4 heteroatoms. The van der Waals surface area contributed by atoms with Crippen LogP contribution in [0.25, 0.3) is 10.9 Å². The van der Waals surface area contributed by atoms with Gasteiger partial charge in [-0.1, -0.05) is 30.3 Å². The zero-order valence-corrected chi connectivity index (χ0v) is 14.9. The van der Waals surface area contributed by atoms with Gasteiger partial charge in [0.15, 0.2) is 0 Å². The van der Waals surface area contributed by atoms with Crippen LogP contribution in [0.2, 0.25) is 0 Å². The maximum Gasteiger partial charge on any atom is 0.0547 e. The molecule has 0 amide bonds. The first-order chi connectivity index (χ1) is 12.8. The number of nitrogens with one attached hydrogen (secondary N) is 1. The fourth-order valence-electron chi connectivity index (χ4n) is 3.31. The largest absolute Gasteiger partial charge is 0.361 e. The van der Waals surface area contributed by atoms with Crippen LogP contribution in [0.15, 0.2) is 73.1 Å². The summed E-state index contributed by atoms with van der Waals surface area (Å²) >= 11 is 0. The maximum atomic E-state index is 4.68. The van der Waals surface area contributed by atoms with Gasteiger partial charge in [-0.3, -0.25) is 14.9 Å². The molecule has 3 heterocycles. The summed E-state index contributed by atoms with van der Waals surface area (Å²) in [5.41, 5.74) is 5.67. The van der Waals surface area contributed by atoms with Crippen LogP contribution in [-0.2, 0) is 19.6 Å². The molecule has 0 aliphatic rings. The smallest absolute Gasteiger partial charge is 0.0547 e. The molecule has 4 nitrogen and oxygen atoms in total. The highest BCUT2D eigenvalue weighted by Gasteiger charge is 2.12. The summed E-state index contributed by atoms with van der Waals surface area (Å²) in [5.74, 6) is 0. The number of hydrogen-bond donors (Lipinski definition) is 1. The second kappa shape index (κ2) is 7.50. The summed E-state index contributed by atoms with van der Waals surface area (Å²) in [6, 6.07) is 20.7. The van der Waals surface area contributed by atoms with Crippen LogP contribution in [0.4, 0.5) is 0 Å². The average molecular weight is 342 g/mol. The molecule has 0 aliphatic heterocycles. The van der Waals surface area contributed by atoms with Crippen LogP contribution < -0.4 is 0 Å². The van der Waals surface area contributed by atoms with E-state index in [1.165, 1.54) is 16.5 Å². The zero-order chi connectivity index (χ0) is 17.8. The minimum atomic E-state index is 0.788. The number of nitrogens with zero attached hydrogens (tertiary/aromatic N) is 3. The van der Waals surface area contributed by atoms with Crippen molar-refractivity contribution in [3.8, 4) is 0 Å². The number of para-hydroxylation sites is 1. The van der Waals surface area contributed by atoms with Crippen molar-refractivity contribution in [2.45, 2.75) is 26.6 Å². The summed E-state index contributed by atoms with van der Waals surface area (Å²) in [7, 11) is 0. The monoisotopic (exact) mass is 342 g/mol. The Morgan fingerprint density at radius 1 is 0.846 bits per heavy atom. The number of rotatable bonds is 6. The SMILES string of the molecule is Cc1cccc(CN(Cc2ccccn2)Cc2c[nH]c3ccccc23)n1. The Labute approximate surface area is 153 Å². The molecule has 4 aromatic rings. The highest BCUT2D eigenvalue weighted by molar-refractivity contribution is 5.82. The third-order valence-corrected chi connectivity index (χ3v) is 4.51. The molecule has 4 rings (SSSR count). The third-order valence-electron chi connectivity index (χ3n) is 4.51. The number of hydrogen-bond acceptors (Lipinski definition) is 3. The van der Waals surface area contributed by atoms with E-state index >= 15 is 0 Å². The molecule has 0 saturated heterocycles. The summed E-state index contributed by atoms with van der Waals surface area (Å²) in [6.45, 7) is 4.45. The molecule has 0 aliphatic carbocycles. The first kappa shape index (κ1) is 16.5. The average Bonchev–Trinajstić information content (AvgIpc) is 3.06. The zero-order valence-electron chi connectivity index (χ0n) is 14.9. The van der Waals surface area contributed by atoms with Crippen LogP contribution in [0, 0.1) is 6.92 Å². The molecule has 0 fully saturated rings. The lowest BCUT2D eigenvalue weighted by molar-refractivity contribution is 0.242. The molecule has 1 aromatic carbocycles. The number of pyridine rings is 2. The van der Waals surface area contributed by atoms with E-state index in [0.717, 1.165) is 36.7 Å². The van der Waals surface area contributed by atoms with Crippen molar-refractivity contribution in [3.63, 3.8) is 0 Å². The molecule has 0 spiro atoms. The van der Waals surface area contributed by atoms with Crippen LogP contribution in [0.1, 0.15) is 22.6 Å². The van der Waals surface area contributed by atoms with Gasteiger partial charge < -0.3 is 4.98 Å². The molecule has 0 atom stereocenters. The summed E-state index contributed by atoms with van der Waals surface area (Å²) in [5, 5.41) is 1.27. The normalized spacial score (nSPS) is 11.3. The predicted octanol–water partition coefficient (Wildman–Crippen LogP) is 4.47. The van der Waals surface area contributed by atoms with Gasteiger partial charge >= 0.3 is 0 Å². The molecule has 0 bridgehead atoms. The van der Waals surface area contributed by atoms with Crippen molar-refractivity contribution in [1.82, 2.24) is 19.9 Å². The number of fused-ring (bicyclic) bond motifs is 1. The minimum Gasteiger partial charge on any atom is -0.361 e. The topological polar surface area (TPSA) is 44.8 Å². The fraction of sp³-hybridized carbons (Fsp3) is 0.182. The summed E-state index contributed by atoms with van der Waals surface area (Å²) in [6.07, 6.45) is 3.96. The molecular weight excluding hydrogens is 320 g/mol. The second-order valence-corrected chi connectivity index (χ2v) is 6.60. The molecule has 1 N–H and O–H groups in total. The van der Waals surface area contributed by atoms with E-state index in [2.05, 4.69) is 68.5 Å². The molecule has 0 unspecified atom stereocenters. The van der Waals surface area contributed by atoms with Crippen LogP contribution in [0.3, 0.4) is 0 Å². The second-order valence-electron chi connectivity index (χ2n) is 6.60. The lowest BCUT2D eigenvalue weighted by Crippen LogP contribution is -2.23. The Morgan fingerprint density at radius 2 is 1.65 bits per heavy atom. The molecular formula is C22H22N4. The van der Waals surface area contributed by atoms with E-state index in [4.69, 9.17) is 0 Å². The van der Waals surface area contributed by atoms with Crippen molar-refractivity contribution in [2.75, 3.05) is 0 Å². The van der Waals surface area contributed by atoms with Gasteiger partial charge in [-0.05, 0) is 42.8 Å². The van der Waals surface area contributed by atoms with E-state index in [1.807, 2.05) is 31.3 Å². The van der Waals surface area contributed by atoms with Gasteiger partial charge in [0, 0.05) is 48.6 Å². The highest BCUT2D eigenvalue weighted by atomic mass is 15.1. The van der Waals surface area contributed by atoms with Gasteiger partial charge in [0.2, 0.25) is 0 Å². The number of aryl methyl sites for hydroxylation is 1. The quantitative estimate of drug-likeness (QED) is 0.562. The van der Waals surface area contributed by atoms with E-state index < -0.39 is 0 Å². The lowest BCUT2D eigenvalue weighted by atomic mass is 10.1. The molecule has 3 aromatic heterocycles. The van der Waals surface area contributed by atoms with Crippen LogP contribution in [-0.4, -0.2) is 19.9 Å². The summed E-state index contributed by atoms with van der Waals surface area (Å²) in [4.78, 5) is 14.9. The molecule has 0 radical (unpaired) electrons. The van der Waals surface area contributed by atoms with E-state index in [-0.39, 0.29) is 0 Å². The number of aromatic amines is 1. The molecule has 0 saturated carbocycles. The number of H-pyrrole nitrogens is 1. The van der Waals surface area contributed by atoms with Crippen molar-refractivity contribution in [1.29, 1.82) is 0 Å². The van der Waals surface area contributed by atoms with Gasteiger partial charge in [0.1, 0.15) is 0 Å². The van der Waals surface area contributed by atoms with E-state index in [1.54, 1.807) is 0 Å². The van der Waals surface area contributed by atoms with Crippen LogP contribution >= 0.6 is 0 Å². The molecule has 26 heavy (non-hydrogen) atoms. The van der Waals surface area contributed by atoms with Gasteiger partial charge in [-0.15, -0.1) is 0 Å². The van der Waals surface area contributed by atoms with Gasteiger partial charge in [-0.2, -0.15) is 0 Å². The van der Waals surface area contributed by atoms with Crippen LogP contribution in [0.5, 0.6) is 0 Å². The Bertz CT molecular complexity index is 991. The van der Waals surface area contributed by atoms with E-state index in [9.17, 15) is 0 Å². The van der Waals surface area contributed by atoms with Crippen molar-refractivity contribution < 1.29 is 0 Å². The number of benzene rings is 1. The summed E-state index contributed by atoms with van der Waals surface area (Å²) < 4.78 is 0. The standard InChI is InChI=1S/C22H22N4/c1-17-7-6-9-20(25-17)16-26(15-19-8-4-5-12-23-19)14-18-13-24-22-11-3-2-10-21(18)22/h2-13,24H,14-16H2,1H3. The lowest BCUT2D eigenvalue weighted by Gasteiger charge is -2.21. The molecule has 130 valence electrons. The van der Waals surface area contributed by atoms with Crippen molar-refractivity contribution in [3.05, 3.63) is 95.7 Å². The Kier molecular flexibility index (Phi) is 4.75.